The highest BCUT2D eigenvalue weighted by Crippen LogP contribution is 2.27. The highest BCUT2D eigenvalue weighted by atomic mass is 35.5. The highest BCUT2D eigenvalue weighted by molar-refractivity contribution is 6.31. The summed E-state index contributed by atoms with van der Waals surface area (Å²) in [6.07, 6.45) is 4.80. The molecule has 1 aromatic carbocycles. The second-order valence-corrected chi connectivity index (χ2v) is 3.97. The van der Waals surface area contributed by atoms with Gasteiger partial charge in [-0.25, -0.2) is 14.4 Å². The molecule has 17 heavy (non-hydrogen) atoms. The summed E-state index contributed by atoms with van der Waals surface area (Å²) in [6.45, 7) is 0. The lowest BCUT2D eigenvalue weighted by Gasteiger charge is -2.17. The third-order valence-electron chi connectivity index (χ3n) is 2.47. The van der Waals surface area contributed by atoms with Crippen molar-refractivity contribution in [3.63, 3.8) is 0 Å². The van der Waals surface area contributed by atoms with E-state index in [1.807, 2.05) is 0 Å². The van der Waals surface area contributed by atoms with Crippen molar-refractivity contribution in [2.24, 2.45) is 0 Å². The monoisotopic (exact) mass is 251 g/mol. The van der Waals surface area contributed by atoms with Gasteiger partial charge < -0.3 is 5.32 Å². The van der Waals surface area contributed by atoms with E-state index < -0.39 is 0 Å². The number of rotatable bonds is 3. The van der Waals surface area contributed by atoms with Crippen molar-refractivity contribution in [2.75, 3.05) is 7.05 Å². The van der Waals surface area contributed by atoms with Gasteiger partial charge in [0.1, 0.15) is 12.1 Å². The summed E-state index contributed by atoms with van der Waals surface area (Å²) < 4.78 is 13.2. The molecule has 0 saturated heterocycles. The van der Waals surface area contributed by atoms with Crippen LogP contribution in [0.2, 0.25) is 5.02 Å². The van der Waals surface area contributed by atoms with E-state index in [0.29, 0.717) is 10.6 Å². The molecule has 0 aliphatic rings. The van der Waals surface area contributed by atoms with E-state index in [9.17, 15) is 4.39 Å². The lowest BCUT2D eigenvalue weighted by molar-refractivity contribution is 0.616. The standard InChI is InChI=1S/C12H11ClFN3/c1-15-12(8-5-16-7-17-6-8)10-4-9(14)2-3-11(10)13/h2-7,12,15H,1H3. The summed E-state index contributed by atoms with van der Waals surface area (Å²) in [5.74, 6) is -0.318. The molecule has 1 atom stereocenters. The van der Waals surface area contributed by atoms with Gasteiger partial charge in [-0.3, -0.25) is 0 Å². The molecule has 1 aromatic heterocycles. The van der Waals surface area contributed by atoms with Crippen molar-refractivity contribution in [3.8, 4) is 0 Å². The Balaban J connectivity index is 2.46. The molecule has 88 valence electrons. The van der Waals surface area contributed by atoms with Gasteiger partial charge in [-0.05, 0) is 30.8 Å². The number of nitrogens with zero attached hydrogens (tertiary/aromatic N) is 2. The quantitative estimate of drug-likeness (QED) is 0.911. The van der Waals surface area contributed by atoms with Crippen molar-refractivity contribution in [2.45, 2.75) is 6.04 Å². The van der Waals surface area contributed by atoms with Crippen LogP contribution in [0.5, 0.6) is 0 Å². The Kier molecular flexibility index (Phi) is 3.66. The van der Waals surface area contributed by atoms with E-state index in [0.717, 1.165) is 5.56 Å². The normalized spacial score (nSPS) is 12.4. The summed E-state index contributed by atoms with van der Waals surface area (Å²) in [7, 11) is 1.78. The van der Waals surface area contributed by atoms with E-state index in [2.05, 4.69) is 15.3 Å². The van der Waals surface area contributed by atoms with Crippen LogP contribution in [0.25, 0.3) is 0 Å². The van der Waals surface area contributed by atoms with Crippen molar-refractivity contribution in [1.29, 1.82) is 0 Å². The summed E-state index contributed by atoms with van der Waals surface area (Å²) >= 11 is 6.07. The molecular weight excluding hydrogens is 241 g/mol. The van der Waals surface area contributed by atoms with Crippen LogP contribution in [0, 0.1) is 5.82 Å². The summed E-state index contributed by atoms with van der Waals surface area (Å²) in [5.41, 5.74) is 1.51. The molecule has 0 saturated carbocycles. The first-order valence-corrected chi connectivity index (χ1v) is 5.47. The molecule has 0 amide bonds. The van der Waals surface area contributed by atoms with Crippen LogP contribution in [0.1, 0.15) is 17.2 Å². The summed E-state index contributed by atoms with van der Waals surface area (Å²) in [4.78, 5) is 7.89. The van der Waals surface area contributed by atoms with Crippen molar-refractivity contribution in [3.05, 3.63) is 58.9 Å². The van der Waals surface area contributed by atoms with Gasteiger partial charge in [-0.15, -0.1) is 0 Å². The smallest absolute Gasteiger partial charge is 0.123 e. The average molecular weight is 252 g/mol. The van der Waals surface area contributed by atoms with Gasteiger partial charge in [0.05, 0.1) is 6.04 Å². The first kappa shape index (κ1) is 12.0. The van der Waals surface area contributed by atoms with Crippen LogP contribution < -0.4 is 5.32 Å². The molecule has 1 N–H and O–H groups in total. The number of hydrogen-bond acceptors (Lipinski definition) is 3. The molecule has 1 unspecified atom stereocenters. The molecule has 0 radical (unpaired) electrons. The maximum atomic E-state index is 13.2. The fourth-order valence-corrected chi connectivity index (χ4v) is 1.92. The zero-order chi connectivity index (χ0) is 12.3. The van der Waals surface area contributed by atoms with E-state index >= 15 is 0 Å². The molecule has 0 fully saturated rings. The van der Waals surface area contributed by atoms with Crippen LogP contribution >= 0.6 is 11.6 Å². The first-order chi connectivity index (χ1) is 8.22. The van der Waals surface area contributed by atoms with Crippen LogP contribution in [-0.2, 0) is 0 Å². The third-order valence-corrected chi connectivity index (χ3v) is 2.82. The fraction of sp³-hybridized carbons (Fsp3) is 0.167. The second kappa shape index (κ2) is 5.21. The number of nitrogens with one attached hydrogen (secondary N) is 1. The summed E-state index contributed by atoms with van der Waals surface area (Å²) in [6, 6.07) is 4.07. The zero-order valence-corrected chi connectivity index (χ0v) is 9.95. The van der Waals surface area contributed by atoms with Gasteiger partial charge in [0.2, 0.25) is 0 Å². The second-order valence-electron chi connectivity index (χ2n) is 3.56. The maximum Gasteiger partial charge on any atom is 0.123 e. The highest BCUT2D eigenvalue weighted by Gasteiger charge is 2.16. The molecule has 5 heteroatoms. The van der Waals surface area contributed by atoms with Gasteiger partial charge in [-0.2, -0.15) is 0 Å². The molecule has 2 aromatic rings. The molecular formula is C12H11ClFN3. The topological polar surface area (TPSA) is 37.8 Å². The average Bonchev–Trinajstić information content (AvgIpc) is 2.36. The minimum atomic E-state index is -0.318. The van der Waals surface area contributed by atoms with Crippen molar-refractivity contribution < 1.29 is 4.39 Å². The Morgan fingerprint density at radius 1 is 1.29 bits per heavy atom. The van der Waals surface area contributed by atoms with Gasteiger partial charge in [-0.1, -0.05) is 11.6 Å². The van der Waals surface area contributed by atoms with E-state index in [1.165, 1.54) is 18.5 Å². The molecule has 1 heterocycles. The Bertz CT molecular complexity index is 504. The Labute approximate surface area is 104 Å². The number of aromatic nitrogens is 2. The molecule has 3 nitrogen and oxygen atoms in total. The Morgan fingerprint density at radius 3 is 2.65 bits per heavy atom. The lowest BCUT2D eigenvalue weighted by atomic mass is 10.0. The van der Waals surface area contributed by atoms with Gasteiger partial charge in [0.25, 0.3) is 0 Å². The van der Waals surface area contributed by atoms with E-state index in [1.54, 1.807) is 25.5 Å². The Hall–Kier alpha value is -1.52. The minimum Gasteiger partial charge on any atom is -0.309 e. The maximum absolute atomic E-state index is 13.2. The van der Waals surface area contributed by atoms with Crippen molar-refractivity contribution >= 4 is 11.6 Å². The number of benzene rings is 1. The number of hydrogen-bond donors (Lipinski definition) is 1. The molecule has 0 bridgehead atoms. The Morgan fingerprint density at radius 2 is 2.00 bits per heavy atom. The van der Waals surface area contributed by atoms with Gasteiger partial charge in [0.15, 0.2) is 0 Å². The number of halogens is 2. The van der Waals surface area contributed by atoms with Crippen LogP contribution in [0.4, 0.5) is 4.39 Å². The minimum absolute atomic E-state index is 0.223. The van der Waals surface area contributed by atoms with E-state index in [-0.39, 0.29) is 11.9 Å². The SMILES string of the molecule is CNC(c1cncnc1)c1cc(F)ccc1Cl. The van der Waals surface area contributed by atoms with Crippen LogP contribution in [-0.4, -0.2) is 17.0 Å². The van der Waals surface area contributed by atoms with Crippen LogP contribution in [0.3, 0.4) is 0 Å². The first-order valence-electron chi connectivity index (χ1n) is 5.09. The zero-order valence-electron chi connectivity index (χ0n) is 9.19. The molecule has 2 rings (SSSR count). The molecule has 0 aliphatic heterocycles. The summed E-state index contributed by atoms with van der Waals surface area (Å²) in [5, 5.41) is 3.58. The predicted octanol–water partition coefficient (Wildman–Crippen LogP) is 2.58. The largest absolute Gasteiger partial charge is 0.309 e. The third kappa shape index (κ3) is 2.60. The van der Waals surface area contributed by atoms with Gasteiger partial charge >= 0.3 is 0 Å². The van der Waals surface area contributed by atoms with Crippen molar-refractivity contribution in [1.82, 2.24) is 15.3 Å². The molecule has 0 spiro atoms. The van der Waals surface area contributed by atoms with Gasteiger partial charge in [0, 0.05) is 23.0 Å². The predicted molar refractivity (Wildman–Crippen MR) is 64.3 cm³/mol. The molecule has 0 aliphatic carbocycles. The lowest BCUT2D eigenvalue weighted by Crippen LogP contribution is -2.18. The van der Waals surface area contributed by atoms with Crippen LogP contribution in [0.15, 0.2) is 36.9 Å². The van der Waals surface area contributed by atoms with E-state index in [4.69, 9.17) is 11.6 Å². The fourth-order valence-electron chi connectivity index (χ4n) is 1.70.